The van der Waals surface area contributed by atoms with Gasteiger partial charge in [-0.1, -0.05) is 13.0 Å². The van der Waals surface area contributed by atoms with Crippen molar-refractivity contribution in [2.75, 3.05) is 13.7 Å². The minimum atomic E-state index is 0.0712. The van der Waals surface area contributed by atoms with E-state index in [1.807, 2.05) is 24.3 Å². The molecule has 0 N–H and O–H groups in total. The molecule has 3 heteroatoms. The number of allylic oxidation sites excluding steroid dienone is 1. The maximum absolute atomic E-state index is 11.2. The first-order valence-electron chi connectivity index (χ1n) is 6.08. The Morgan fingerprint density at radius 2 is 2.00 bits per heavy atom. The zero-order valence-corrected chi connectivity index (χ0v) is 11.4. The van der Waals surface area contributed by atoms with E-state index in [1.165, 1.54) is 0 Å². The van der Waals surface area contributed by atoms with Crippen LogP contribution in [0, 0.1) is 0 Å². The fraction of sp³-hybridized carbons (Fsp3) is 0.400. The highest BCUT2D eigenvalue weighted by Crippen LogP contribution is 2.29. The van der Waals surface area contributed by atoms with Gasteiger partial charge in [0, 0.05) is 0 Å². The summed E-state index contributed by atoms with van der Waals surface area (Å²) in [5.74, 6) is 1.49. The lowest BCUT2D eigenvalue weighted by molar-refractivity contribution is -0.113. The van der Waals surface area contributed by atoms with Crippen molar-refractivity contribution in [1.82, 2.24) is 0 Å². The summed E-state index contributed by atoms with van der Waals surface area (Å²) in [5, 5.41) is 0. The Kier molecular flexibility index (Phi) is 5.43. The lowest BCUT2D eigenvalue weighted by Gasteiger charge is -2.10. The second-order valence-corrected chi connectivity index (χ2v) is 4.14. The third-order valence-electron chi connectivity index (χ3n) is 2.59. The zero-order valence-electron chi connectivity index (χ0n) is 11.4. The molecule has 0 aliphatic heterocycles. The first kappa shape index (κ1) is 14.3. The zero-order chi connectivity index (χ0) is 13.5. The van der Waals surface area contributed by atoms with Gasteiger partial charge in [0.1, 0.15) is 0 Å². The molecule has 0 radical (unpaired) electrons. The summed E-state index contributed by atoms with van der Waals surface area (Å²) in [7, 11) is 1.62. The second-order valence-electron chi connectivity index (χ2n) is 4.14. The number of benzene rings is 1. The Hall–Kier alpha value is -1.77. The number of methoxy groups -OCH3 is 1. The summed E-state index contributed by atoms with van der Waals surface area (Å²) in [6.07, 6.45) is 2.79. The largest absolute Gasteiger partial charge is 0.493 e. The van der Waals surface area contributed by atoms with Gasteiger partial charge in [-0.05, 0) is 49.6 Å². The molecule has 98 valence electrons. The Morgan fingerprint density at radius 3 is 2.56 bits per heavy atom. The number of hydrogen-bond donors (Lipinski definition) is 0. The standard InChI is InChI=1S/C15H20O3/c1-5-8-18-15-10-13(6-7-14(15)17-4)9-11(2)12(3)16/h6-7,9-10H,5,8H2,1-4H3/b11-9-. The molecule has 0 aliphatic carbocycles. The molecule has 0 heterocycles. The normalized spacial score (nSPS) is 11.2. The van der Waals surface area contributed by atoms with Crippen LogP contribution in [0.2, 0.25) is 0 Å². The maximum Gasteiger partial charge on any atom is 0.161 e. The number of hydrogen-bond acceptors (Lipinski definition) is 3. The number of ketones is 1. The van der Waals surface area contributed by atoms with E-state index >= 15 is 0 Å². The van der Waals surface area contributed by atoms with E-state index in [9.17, 15) is 4.79 Å². The Balaban J connectivity index is 3.02. The highest BCUT2D eigenvalue weighted by Gasteiger charge is 2.05. The SMILES string of the molecule is CCCOc1cc(/C=C(/C)C(C)=O)ccc1OC. The third-order valence-corrected chi connectivity index (χ3v) is 2.59. The number of carbonyl (C=O) groups is 1. The molecule has 3 nitrogen and oxygen atoms in total. The summed E-state index contributed by atoms with van der Waals surface area (Å²) in [4.78, 5) is 11.2. The van der Waals surface area contributed by atoms with Gasteiger partial charge in [0.25, 0.3) is 0 Å². The summed E-state index contributed by atoms with van der Waals surface area (Å²) < 4.78 is 10.9. The van der Waals surface area contributed by atoms with Crippen LogP contribution in [-0.2, 0) is 4.79 Å². The molecule has 0 atom stereocenters. The predicted octanol–water partition coefficient (Wildman–Crippen LogP) is 3.48. The van der Waals surface area contributed by atoms with Crippen LogP contribution in [0.5, 0.6) is 11.5 Å². The lowest BCUT2D eigenvalue weighted by Crippen LogP contribution is -1.98. The van der Waals surface area contributed by atoms with E-state index in [4.69, 9.17) is 9.47 Å². The maximum atomic E-state index is 11.2. The van der Waals surface area contributed by atoms with Crippen LogP contribution < -0.4 is 9.47 Å². The molecule has 1 rings (SSSR count). The van der Waals surface area contributed by atoms with Gasteiger partial charge in [0.05, 0.1) is 13.7 Å². The minimum absolute atomic E-state index is 0.0712. The molecule has 0 bridgehead atoms. The number of ether oxygens (including phenoxy) is 2. The van der Waals surface area contributed by atoms with Gasteiger partial charge < -0.3 is 9.47 Å². The molecule has 0 amide bonds. The van der Waals surface area contributed by atoms with Crippen LogP contribution in [-0.4, -0.2) is 19.5 Å². The topological polar surface area (TPSA) is 35.5 Å². The first-order chi connectivity index (χ1) is 8.58. The Morgan fingerprint density at radius 1 is 1.28 bits per heavy atom. The van der Waals surface area contributed by atoms with Crippen LogP contribution in [0.15, 0.2) is 23.8 Å². The lowest BCUT2D eigenvalue weighted by atomic mass is 10.1. The van der Waals surface area contributed by atoms with Gasteiger partial charge in [-0.3, -0.25) is 4.79 Å². The highest BCUT2D eigenvalue weighted by atomic mass is 16.5. The first-order valence-corrected chi connectivity index (χ1v) is 6.08. The average molecular weight is 248 g/mol. The summed E-state index contributed by atoms with van der Waals surface area (Å²) in [6.45, 7) is 6.06. The smallest absolute Gasteiger partial charge is 0.161 e. The molecule has 0 fully saturated rings. The van der Waals surface area contributed by atoms with Crippen LogP contribution in [0.4, 0.5) is 0 Å². The summed E-state index contributed by atoms with van der Waals surface area (Å²) in [5.41, 5.74) is 1.66. The van der Waals surface area contributed by atoms with Crippen molar-refractivity contribution in [3.8, 4) is 11.5 Å². The molecule has 0 unspecified atom stereocenters. The van der Waals surface area contributed by atoms with Gasteiger partial charge in [0.15, 0.2) is 17.3 Å². The molecule has 0 spiro atoms. The molecule has 0 saturated carbocycles. The van der Waals surface area contributed by atoms with E-state index in [2.05, 4.69) is 6.92 Å². The van der Waals surface area contributed by atoms with Crippen molar-refractivity contribution >= 4 is 11.9 Å². The van der Waals surface area contributed by atoms with Crippen molar-refractivity contribution < 1.29 is 14.3 Å². The predicted molar refractivity (Wildman–Crippen MR) is 73.1 cm³/mol. The Bertz CT molecular complexity index is 447. The van der Waals surface area contributed by atoms with Crippen LogP contribution in [0.25, 0.3) is 6.08 Å². The van der Waals surface area contributed by atoms with Crippen molar-refractivity contribution in [3.05, 3.63) is 29.3 Å². The average Bonchev–Trinajstić information content (AvgIpc) is 2.36. The fourth-order valence-corrected chi connectivity index (χ4v) is 1.46. The van der Waals surface area contributed by atoms with Gasteiger partial charge in [-0.2, -0.15) is 0 Å². The molecular weight excluding hydrogens is 228 g/mol. The third kappa shape index (κ3) is 3.91. The molecular formula is C15H20O3. The van der Waals surface area contributed by atoms with E-state index in [0.29, 0.717) is 18.1 Å². The highest BCUT2D eigenvalue weighted by molar-refractivity contribution is 5.97. The van der Waals surface area contributed by atoms with Crippen molar-refractivity contribution in [1.29, 1.82) is 0 Å². The van der Waals surface area contributed by atoms with E-state index in [1.54, 1.807) is 21.0 Å². The fourth-order valence-electron chi connectivity index (χ4n) is 1.46. The quantitative estimate of drug-likeness (QED) is 0.723. The molecule has 18 heavy (non-hydrogen) atoms. The van der Waals surface area contributed by atoms with Gasteiger partial charge in [-0.15, -0.1) is 0 Å². The molecule has 0 aromatic heterocycles. The van der Waals surface area contributed by atoms with E-state index in [-0.39, 0.29) is 5.78 Å². The molecule has 1 aromatic rings. The molecule has 1 aromatic carbocycles. The monoisotopic (exact) mass is 248 g/mol. The number of Topliss-reactive ketones (excluding diaryl/α,β-unsaturated/α-hetero) is 1. The second kappa shape index (κ2) is 6.84. The van der Waals surface area contributed by atoms with E-state index in [0.717, 1.165) is 17.6 Å². The minimum Gasteiger partial charge on any atom is -0.493 e. The van der Waals surface area contributed by atoms with Crippen LogP contribution in [0.3, 0.4) is 0 Å². The Labute approximate surface area is 108 Å². The van der Waals surface area contributed by atoms with Crippen LogP contribution in [0.1, 0.15) is 32.8 Å². The van der Waals surface area contributed by atoms with E-state index < -0.39 is 0 Å². The summed E-state index contributed by atoms with van der Waals surface area (Å²) >= 11 is 0. The van der Waals surface area contributed by atoms with Crippen molar-refractivity contribution in [2.24, 2.45) is 0 Å². The van der Waals surface area contributed by atoms with Crippen molar-refractivity contribution in [3.63, 3.8) is 0 Å². The van der Waals surface area contributed by atoms with Gasteiger partial charge in [0.2, 0.25) is 0 Å². The van der Waals surface area contributed by atoms with Gasteiger partial charge >= 0.3 is 0 Å². The van der Waals surface area contributed by atoms with Crippen LogP contribution >= 0.6 is 0 Å². The molecule has 0 saturated heterocycles. The number of carbonyl (C=O) groups excluding carboxylic acids is 1. The summed E-state index contributed by atoms with van der Waals surface area (Å²) in [6, 6.07) is 5.65. The number of rotatable bonds is 6. The van der Waals surface area contributed by atoms with Crippen molar-refractivity contribution in [2.45, 2.75) is 27.2 Å². The van der Waals surface area contributed by atoms with Gasteiger partial charge in [-0.25, -0.2) is 0 Å². The molecule has 0 aliphatic rings.